The highest BCUT2D eigenvalue weighted by Crippen LogP contribution is 2.08. The van der Waals surface area contributed by atoms with Crippen molar-refractivity contribution in [2.45, 2.75) is 33.6 Å². The highest BCUT2D eigenvalue weighted by Gasteiger charge is 1.96. The van der Waals surface area contributed by atoms with Gasteiger partial charge in [-0.05, 0) is 31.3 Å². The second kappa shape index (κ2) is 7.36. The molecule has 0 spiro atoms. The summed E-state index contributed by atoms with van der Waals surface area (Å²) in [6, 6.07) is 0. The Balaban J connectivity index is 3.65. The lowest BCUT2D eigenvalue weighted by atomic mass is 10.1. The van der Waals surface area contributed by atoms with Crippen LogP contribution in [0.15, 0.2) is 24.3 Å². The molecule has 0 heterocycles. The molecule has 0 aromatic rings. The first-order chi connectivity index (χ1) is 6.56. The van der Waals surface area contributed by atoms with Crippen LogP contribution in [0.4, 0.5) is 0 Å². The minimum Gasteiger partial charge on any atom is -0.461 e. The van der Waals surface area contributed by atoms with Crippen molar-refractivity contribution >= 4 is 5.97 Å². The number of ether oxygens (including phenoxy) is 1. The summed E-state index contributed by atoms with van der Waals surface area (Å²) < 4.78 is 4.86. The standard InChI is InChI=1S/C12H20O2/c1-5-10(2)7-6-8-11(3)9-14-12(4)13/h5,8,10H,1,6-7,9H2,2-4H3/b11-8+. The first kappa shape index (κ1) is 12.9. The summed E-state index contributed by atoms with van der Waals surface area (Å²) in [5.41, 5.74) is 1.11. The summed E-state index contributed by atoms with van der Waals surface area (Å²) in [6.45, 7) is 9.68. The van der Waals surface area contributed by atoms with E-state index in [2.05, 4.69) is 19.6 Å². The maximum absolute atomic E-state index is 10.5. The molecule has 0 saturated heterocycles. The van der Waals surface area contributed by atoms with E-state index in [1.165, 1.54) is 6.92 Å². The summed E-state index contributed by atoms with van der Waals surface area (Å²) in [7, 11) is 0. The molecule has 0 fully saturated rings. The Labute approximate surface area is 86.6 Å². The molecule has 0 saturated carbocycles. The van der Waals surface area contributed by atoms with Crippen LogP contribution in [0.5, 0.6) is 0 Å². The number of carbonyl (C=O) groups excluding carboxylic acids is 1. The molecule has 1 atom stereocenters. The average Bonchev–Trinajstić information content (AvgIpc) is 2.14. The second-order valence-corrected chi connectivity index (χ2v) is 3.62. The molecule has 2 nitrogen and oxygen atoms in total. The van der Waals surface area contributed by atoms with Gasteiger partial charge < -0.3 is 4.74 Å². The van der Waals surface area contributed by atoms with Crippen LogP contribution in [0.3, 0.4) is 0 Å². The van der Waals surface area contributed by atoms with E-state index in [4.69, 9.17) is 4.74 Å². The number of rotatable bonds is 6. The number of carbonyl (C=O) groups is 1. The quantitative estimate of drug-likeness (QED) is 0.482. The lowest BCUT2D eigenvalue weighted by molar-refractivity contribution is -0.139. The van der Waals surface area contributed by atoms with Crippen LogP contribution in [0.2, 0.25) is 0 Å². The third kappa shape index (κ3) is 7.59. The van der Waals surface area contributed by atoms with Crippen LogP contribution < -0.4 is 0 Å². The fourth-order valence-corrected chi connectivity index (χ4v) is 0.985. The minimum atomic E-state index is -0.225. The molecule has 0 aliphatic heterocycles. The van der Waals surface area contributed by atoms with Crippen molar-refractivity contribution in [3.05, 3.63) is 24.3 Å². The maximum Gasteiger partial charge on any atom is 0.302 e. The van der Waals surface area contributed by atoms with Crippen molar-refractivity contribution in [2.75, 3.05) is 6.61 Å². The number of hydrogen-bond donors (Lipinski definition) is 0. The highest BCUT2D eigenvalue weighted by molar-refractivity contribution is 5.66. The molecule has 0 aliphatic carbocycles. The normalized spacial score (nSPS) is 13.5. The zero-order valence-corrected chi connectivity index (χ0v) is 9.38. The Morgan fingerprint density at radius 1 is 1.50 bits per heavy atom. The average molecular weight is 196 g/mol. The van der Waals surface area contributed by atoms with E-state index in [-0.39, 0.29) is 5.97 Å². The molecule has 2 heteroatoms. The largest absolute Gasteiger partial charge is 0.461 e. The molecule has 0 N–H and O–H groups in total. The Kier molecular flexibility index (Phi) is 6.81. The van der Waals surface area contributed by atoms with E-state index in [1.54, 1.807) is 0 Å². The molecular formula is C12H20O2. The van der Waals surface area contributed by atoms with Crippen molar-refractivity contribution < 1.29 is 9.53 Å². The number of hydrogen-bond acceptors (Lipinski definition) is 2. The van der Waals surface area contributed by atoms with E-state index < -0.39 is 0 Å². The summed E-state index contributed by atoms with van der Waals surface area (Å²) >= 11 is 0. The molecule has 0 bridgehead atoms. The summed E-state index contributed by atoms with van der Waals surface area (Å²) in [5.74, 6) is 0.324. The van der Waals surface area contributed by atoms with E-state index >= 15 is 0 Å². The molecule has 0 aromatic carbocycles. The first-order valence-corrected chi connectivity index (χ1v) is 4.97. The smallest absolute Gasteiger partial charge is 0.302 e. The van der Waals surface area contributed by atoms with Crippen LogP contribution in [-0.2, 0) is 9.53 Å². The van der Waals surface area contributed by atoms with Gasteiger partial charge in [-0.2, -0.15) is 0 Å². The predicted octanol–water partition coefficient (Wildman–Crippen LogP) is 3.10. The van der Waals surface area contributed by atoms with Gasteiger partial charge in [0.15, 0.2) is 0 Å². The second-order valence-electron chi connectivity index (χ2n) is 3.62. The zero-order valence-electron chi connectivity index (χ0n) is 9.38. The van der Waals surface area contributed by atoms with Crippen LogP contribution in [0.25, 0.3) is 0 Å². The molecule has 1 unspecified atom stereocenters. The topological polar surface area (TPSA) is 26.3 Å². The number of allylic oxidation sites excluding steroid dienone is 2. The molecule has 80 valence electrons. The van der Waals surface area contributed by atoms with Gasteiger partial charge in [-0.3, -0.25) is 4.79 Å². The SMILES string of the molecule is C=CC(C)CC/C=C(\C)COC(C)=O. The van der Waals surface area contributed by atoms with Crippen LogP contribution >= 0.6 is 0 Å². The van der Waals surface area contributed by atoms with Crippen LogP contribution in [0, 0.1) is 5.92 Å². The Hall–Kier alpha value is -1.05. The molecule has 0 rings (SSSR count). The van der Waals surface area contributed by atoms with Gasteiger partial charge in [-0.25, -0.2) is 0 Å². The van der Waals surface area contributed by atoms with Crippen molar-refractivity contribution in [3.63, 3.8) is 0 Å². The molecule has 14 heavy (non-hydrogen) atoms. The van der Waals surface area contributed by atoms with Gasteiger partial charge in [0.25, 0.3) is 0 Å². The first-order valence-electron chi connectivity index (χ1n) is 4.97. The Morgan fingerprint density at radius 3 is 2.64 bits per heavy atom. The van der Waals surface area contributed by atoms with Crippen LogP contribution in [-0.4, -0.2) is 12.6 Å². The van der Waals surface area contributed by atoms with Gasteiger partial charge >= 0.3 is 5.97 Å². The van der Waals surface area contributed by atoms with Gasteiger partial charge in [-0.15, -0.1) is 6.58 Å². The third-order valence-electron chi connectivity index (χ3n) is 2.02. The van der Waals surface area contributed by atoms with Gasteiger partial charge in [0, 0.05) is 6.92 Å². The molecule has 0 aromatic heterocycles. The Morgan fingerprint density at radius 2 is 2.14 bits per heavy atom. The summed E-state index contributed by atoms with van der Waals surface area (Å²) in [5, 5.41) is 0. The molecule has 0 aliphatic rings. The lowest BCUT2D eigenvalue weighted by Gasteiger charge is -2.04. The van der Waals surface area contributed by atoms with E-state index in [0.29, 0.717) is 12.5 Å². The van der Waals surface area contributed by atoms with Crippen LogP contribution in [0.1, 0.15) is 33.6 Å². The molecule has 0 amide bonds. The molecule has 0 radical (unpaired) electrons. The molecular weight excluding hydrogens is 176 g/mol. The summed E-state index contributed by atoms with van der Waals surface area (Å²) in [6.07, 6.45) is 6.18. The van der Waals surface area contributed by atoms with Crippen molar-refractivity contribution in [1.29, 1.82) is 0 Å². The van der Waals surface area contributed by atoms with Crippen molar-refractivity contribution in [1.82, 2.24) is 0 Å². The maximum atomic E-state index is 10.5. The van der Waals surface area contributed by atoms with Crippen molar-refractivity contribution in [3.8, 4) is 0 Å². The number of esters is 1. The van der Waals surface area contributed by atoms with Gasteiger partial charge in [-0.1, -0.05) is 19.1 Å². The van der Waals surface area contributed by atoms with Gasteiger partial charge in [0.2, 0.25) is 0 Å². The third-order valence-corrected chi connectivity index (χ3v) is 2.02. The van der Waals surface area contributed by atoms with E-state index in [9.17, 15) is 4.79 Å². The predicted molar refractivity (Wildman–Crippen MR) is 59.0 cm³/mol. The fourth-order valence-electron chi connectivity index (χ4n) is 0.985. The zero-order chi connectivity index (χ0) is 11.0. The monoisotopic (exact) mass is 196 g/mol. The minimum absolute atomic E-state index is 0.225. The highest BCUT2D eigenvalue weighted by atomic mass is 16.5. The van der Waals surface area contributed by atoms with Crippen molar-refractivity contribution in [2.24, 2.45) is 5.92 Å². The van der Waals surface area contributed by atoms with Gasteiger partial charge in [0.1, 0.15) is 6.61 Å². The lowest BCUT2D eigenvalue weighted by Crippen LogP contribution is -2.01. The van der Waals surface area contributed by atoms with E-state index in [0.717, 1.165) is 18.4 Å². The Bertz CT molecular complexity index is 216. The van der Waals surface area contributed by atoms with E-state index in [1.807, 2.05) is 13.0 Å². The fraction of sp³-hybridized carbons (Fsp3) is 0.583. The van der Waals surface area contributed by atoms with Gasteiger partial charge in [0.05, 0.1) is 0 Å². The summed E-state index contributed by atoms with van der Waals surface area (Å²) in [4.78, 5) is 10.5.